The summed E-state index contributed by atoms with van der Waals surface area (Å²) in [4.78, 5) is 4.60. The molecule has 0 radical (unpaired) electrons. The SMILES string of the molecule is CCNC(=NCCn1cc(C)cn1)NC1CCC(O)CC1.I. The maximum atomic E-state index is 9.55. The highest BCUT2D eigenvalue weighted by Gasteiger charge is 2.19. The van der Waals surface area contributed by atoms with Crippen LogP contribution in [0, 0.1) is 6.92 Å². The lowest BCUT2D eigenvalue weighted by atomic mass is 9.93. The van der Waals surface area contributed by atoms with Crippen LogP contribution in [0.15, 0.2) is 17.4 Å². The van der Waals surface area contributed by atoms with Crippen LogP contribution in [0.2, 0.25) is 0 Å². The van der Waals surface area contributed by atoms with Crippen molar-refractivity contribution < 1.29 is 5.11 Å². The number of aryl methyl sites for hydroxylation is 1. The van der Waals surface area contributed by atoms with Gasteiger partial charge in [-0.15, -0.1) is 24.0 Å². The molecule has 22 heavy (non-hydrogen) atoms. The summed E-state index contributed by atoms with van der Waals surface area (Å²) in [5.74, 6) is 0.864. The Bertz CT molecular complexity index is 455. The number of hydrogen-bond donors (Lipinski definition) is 3. The van der Waals surface area contributed by atoms with E-state index in [9.17, 15) is 5.11 Å². The standard InChI is InChI=1S/C15H27N5O.HI/c1-3-16-15(19-13-4-6-14(21)7-5-13)17-8-9-20-11-12(2)10-18-20;/h10-11,13-14,21H,3-9H2,1-2H3,(H2,16,17,19);1H. The molecule has 0 aromatic carbocycles. The first kappa shape index (κ1) is 19.2. The molecule has 0 amide bonds. The van der Waals surface area contributed by atoms with Gasteiger partial charge in [-0.25, -0.2) is 0 Å². The number of nitrogens with zero attached hydrogens (tertiary/aromatic N) is 3. The van der Waals surface area contributed by atoms with Gasteiger partial charge in [0, 0.05) is 18.8 Å². The summed E-state index contributed by atoms with van der Waals surface area (Å²) in [5, 5.41) is 20.6. The van der Waals surface area contributed by atoms with E-state index in [0.29, 0.717) is 12.6 Å². The topological polar surface area (TPSA) is 74.5 Å². The van der Waals surface area contributed by atoms with Crippen molar-refractivity contribution in [2.24, 2.45) is 4.99 Å². The molecule has 1 saturated carbocycles. The minimum atomic E-state index is -0.120. The number of aliphatic hydroxyl groups is 1. The highest BCUT2D eigenvalue weighted by Crippen LogP contribution is 2.18. The first-order valence-corrected chi connectivity index (χ1v) is 7.89. The fourth-order valence-electron chi connectivity index (χ4n) is 2.59. The Morgan fingerprint density at radius 3 is 2.73 bits per heavy atom. The fourth-order valence-corrected chi connectivity index (χ4v) is 2.59. The van der Waals surface area contributed by atoms with Crippen LogP contribution < -0.4 is 10.6 Å². The van der Waals surface area contributed by atoms with Gasteiger partial charge in [0.1, 0.15) is 0 Å². The van der Waals surface area contributed by atoms with E-state index in [4.69, 9.17) is 0 Å². The molecule has 0 saturated heterocycles. The Kier molecular flexibility index (Phi) is 8.77. The summed E-state index contributed by atoms with van der Waals surface area (Å²) in [5.41, 5.74) is 1.17. The van der Waals surface area contributed by atoms with Gasteiger partial charge in [0.05, 0.1) is 25.4 Å². The zero-order valence-electron chi connectivity index (χ0n) is 13.5. The summed E-state index contributed by atoms with van der Waals surface area (Å²) in [7, 11) is 0. The second-order valence-electron chi connectivity index (χ2n) is 5.69. The molecule has 3 N–H and O–H groups in total. The van der Waals surface area contributed by atoms with Crippen molar-refractivity contribution in [3.63, 3.8) is 0 Å². The van der Waals surface area contributed by atoms with Crippen LogP contribution in [-0.4, -0.2) is 46.1 Å². The molecule has 1 aromatic rings. The molecule has 0 bridgehead atoms. The van der Waals surface area contributed by atoms with Crippen LogP contribution in [0.1, 0.15) is 38.2 Å². The van der Waals surface area contributed by atoms with Crippen molar-refractivity contribution in [1.29, 1.82) is 0 Å². The Morgan fingerprint density at radius 1 is 1.41 bits per heavy atom. The Morgan fingerprint density at radius 2 is 2.14 bits per heavy atom. The van der Waals surface area contributed by atoms with Crippen molar-refractivity contribution in [3.05, 3.63) is 18.0 Å². The van der Waals surface area contributed by atoms with Gasteiger partial charge in [0.25, 0.3) is 0 Å². The number of aliphatic imine (C=N–C) groups is 1. The smallest absolute Gasteiger partial charge is 0.191 e. The molecule has 0 unspecified atom stereocenters. The van der Waals surface area contributed by atoms with E-state index in [2.05, 4.69) is 27.6 Å². The van der Waals surface area contributed by atoms with Gasteiger partial charge in [0.2, 0.25) is 0 Å². The van der Waals surface area contributed by atoms with E-state index < -0.39 is 0 Å². The molecule has 1 aliphatic rings. The summed E-state index contributed by atoms with van der Waals surface area (Å²) in [6, 6.07) is 0.415. The number of hydrogen-bond acceptors (Lipinski definition) is 3. The molecule has 2 rings (SSSR count). The average Bonchev–Trinajstić information content (AvgIpc) is 2.87. The number of guanidine groups is 1. The first-order valence-electron chi connectivity index (χ1n) is 7.89. The monoisotopic (exact) mass is 421 g/mol. The highest BCUT2D eigenvalue weighted by molar-refractivity contribution is 14.0. The predicted molar refractivity (Wildman–Crippen MR) is 99.8 cm³/mol. The lowest BCUT2D eigenvalue weighted by Crippen LogP contribution is -2.45. The molecule has 1 aliphatic carbocycles. The molecular formula is C15H28IN5O. The van der Waals surface area contributed by atoms with E-state index >= 15 is 0 Å². The zero-order valence-corrected chi connectivity index (χ0v) is 15.8. The Hall–Kier alpha value is -0.830. The van der Waals surface area contributed by atoms with Gasteiger partial charge in [0.15, 0.2) is 5.96 Å². The predicted octanol–water partition coefficient (Wildman–Crippen LogP) is 1.67. The Balaban J connectivity index is 0.00000242. The fraction of sp³-hybridized carbons (Fsp3) is 0.733. The van der Waals surface area contributed by atoms with Crippen molar-refractivity contribution >= 4 is 29.9 Å². The van der Waals surface area contributed by atoms with Gasteiger partial charge < -0.3 is 15.7 Å². The molecule has 1 aromatic heterocycles. The second-order valence-corrected chi connectivity index (χ2v) is 5.69. The van der Waals surface area contributed by atoms with E-state index in [0.717, 1.165) is 44.7 Å². The lowest BCUT2D eigenvalue weighted by Gasteiger charge is -2.27. The molecule has 7 heteroatoms. The van der Waals surface area contributed by atoms with Crippen molar-refractivity contribution in [1.82, 2.24) is 20.4 Å². The number of aromatic nitrogens is 2. The van der Waals surface area contributed by atoms with E-state index in [1.807, 2.05) is 24.0 Å². The highest BCUT2D eigenvalue weighted by atomic mass is 127. The first-order chi connectivity index (χ1) is 10.2. The molecule has 0 aliphatic heterocycles. The van der Waals surface area contributed by atoms with E-state index in [1.165, 1.54) is 5.56 Å². The van der Waals surface area contributed by atoms with Crippen LogP contribution >= 0.6 is 24.0 Å². The van der Waals surface area contributed by atoms with Crippen molar-refractivity contribution in [3.8, 4) is 0 Å². The van der Waals surface area contributed by atoms with Crippen molar-refractivity contribution in [2.45, 2.75) is 58.2 Å². The third-order valence-corrected chi connectivity index (χ3v) is 3.74. The van der Waals surface area contributed by atoms with Crippen LogP contribution in [0.25, 0.3) is 0 Å². The van der Waals surface area contributed by atoms with Gasteiger partial charge in [-0.05, 0) is 45.1 Å². The maximum Gasteiger partial charge on any atom is 0.191 e. The minimum absolute atomic E-state index is 0. The molecule has 1 heterocycles. The largest absolute Gasteiger partial charge is 0.393 e. The number of nitrogens with one attached hydrogen (secondary N) is 2. The third kappa shape index (κ3) is 6.51. The van der Waals surface area contributed by atoms with E-state index in [1.54, 1.807) is 0 Å². The van der Waals surface area contributed by atoms with Gasteiger partial charge in [-0.3, -0.25) is 9.67 Å². The quantitative estimate of drug-likeness (QED) is 0.384. The number of halogens is 1. The second kappa shape index (κ2) is 10.0. The van der Waals surface area contributed by atoms with Crippen LogP contribution in [0.3, 0.4) is 0 Å². The molecule has 126 valence electrons. The molecule has 0 atom stereocenters. The zero-order chi connectivity index (χ0) is 15.1. The summed E-state index contributed by atoms with van der Waals surface area (Å²) < 4.78 is 1.92. The number of rotatable bonds is 5. The molecule has 6 nitrogen and oxygen atoms in total. The third-order valence-electron chi connectivity index (χ3n) is 3.74. The van der Waals surface area contributed by atoms with Crippen molar-refractivity contribution in [2.75, 3.05) is 13.1 Å². The maximum absolute atomic E-state index is 9.55. The van der Waals surface area contributed by atoms with Crippen LogP contribution in [0.4, 0.5) is 0 Å². The summed E-state index contributed by atoms with van der Waals surface area (Å²) in [6.07, 6.45) is 7.53. The Labute approximate surface area is 149 Å². The number of aliphatic hydroxyl groups excluding tert-OH is 1. The van der Waals surface area contributed by atoms with Crippen LogP contribution in [-0.2, 0) is 6.54 Å². The summed E-state index contributed by atoms with van der Waals surface area (Å²) >= 11 is 0. The van der Waals surface area contributed by atoms with Crippen LogP contribution in [0.5, 0.6) is 0 Å². The lowest BCUT2D eigenvalue weighted by molar-refractivity contribution is 0.120. The van der Waals surface area contributed by atoms with E-state index in [-0.39, 0.29) is 30.1 Å². The van der Waals surface area contributed by atoms with Gasteiger partial charge in [-0.2, -0.15) is 5.10 Å². The molecular weight excluding hydrogens is 393 g/mol. The molecule has 1 fully saturated rings. The normalized spacial score (nSPS) is 22.0. The average molecular weight is 421 g/mol. The summed E-state index contributed by atoms with van der Waals surface area (Å²) in [6.45, 7) is 6.44. The minimum Gasteiger partial charge on any atom is -0.393 e. The van der Waals surface area contributed by atoms with Gasteiger partial charge >= 0.3 is 0 Å². The molecule has 0 spiro atoms. The van der Waals surface area contributed by atoms with Gasteiger partial charge in [-0.1, -0.05) is 0 Å².